The molecule has 0 aliphatic heterocycles. The lowest BCUT2D eigenvalue weighted by atomic mass is 10.00. The second kappa shape index (κ2) is 5.46. The van der Waals surface area contributed by atoms with Crippen molar-refractivity contribution in [1.82, 2.24) is 0 Å². The number of carboxylic acids is 1. The van der Waals surface area contributed by atoms with E-state index in [1.807, 2.05) is 6.92 Å². The lowest BCUT2D eigenvalue weighted by molar-refractivity contribution is -0.141. The first kappa shape index (κ1) is 16.2. The van der Waals surface area contributed by atoms with E-state index in [-0.39, 0.29) is 4.90 Å². The predicted octanol–water partition coefficient (Wildman–Crippen LogP) is 2.53. The van der Waals surface area contributed by atoms with E-state index in [1.165, 1.54) is 12.1 Å². The van der Waals surface area contributed by atoms with Crippen molar-refractivity contribution in [2.45, 2.75) is 23.0 Å². The van der Waals surface area contributed by atoms with Crippen molar-refractivity contribution < 1.29 is 18.3 Å². The van der Waals surface area contributed by atoms with Crippen LogP contribution in [-0.4, -0.2) is 24.7 Å². The number of carboxylic acid groups (broad SMARTS) is 1. The Morgan fingerprint density at radius 1 is 1.12 bits per heavy atom. The summed E-state index contributed by atoms with van der Waals surface area (Å²) in [7, 11) is -3.94. The van der Waals surface area contributed by atoms with E-state index in [2.05, 4.69) is 0 Å². The van der Waals surface area contributed by atoms with Gasteiger partial charge in [-0.25, -0.2) is 8.42 Å². The second-order valence-corrected chi connectivity index (χ2v) is 8.02. The quantitative estimate of drug-likeness (QED) is 0.922. The van der Waals surface area contributed by atoms with E-state index in [0.717, 1.165) is 5.56 Å². The maximum atomic E-state index is 12.9. The fourth-order valence-electron chi connectivity index (χ4n) is 3.18. The van der Waals surface area contributed by atoms with Gasteiger partial charge in [-0.05, 0) is 24.6 Å². The average molecular weight is 341 g/mol. The number of hydrogen-bond acceptors (Lipinski definition) is 4. The van der Waals surface area contributed by atoms with E-state index in [9.17, 15) is 23.6 Å². The average Bonchev–Trinajstić information content (AvgIpc) is 3.28. The standard InChI is InChI=1S/C18H15NO4S/c1-12-7-9-13(10-8-12)15-16(18(15,11-19)17(20)21)24(22,23)14-5-3-2-4-6-14/h2-10,15-16H,1H3,(H,20,21)/t15-,16+,18+/m1/s1. The van der Waals surface area contributed by atoms with Crippen LogP contribution in [-0.2, 0) is 14.6 Å². The highest BCUT2D eigenvalue weighted by Gasteiger charge is 2.77. The number of nitrogens with zero attached hydrogens (tertiary/aromatic N) is 1. The van der Waals surface area contributed by atoms with Gasteiger partial charge in [0.2, 0.25) is 0 Å². The molecule has 1 fully saturated rings. The van der Waals surface area contributed by atoms with Gasteiger partial charge in [0.1, 0.15) is 5.25 Å². The SMILES string of the molecule is Cc1ccc([C@@H]2[C@H](S(=O)(=O)c3ccccc3)[C@@]2(C#N)C(=O)O)cc1. The van der Waals surface area contributed by atoms with Crippen LogP contribution in [0, 0.1) is 23.7 Å². The maximum absolute atomic E-state index is 12.9. The fourth-order valence-corrected chi connectivity index (χ4v) is 5.45. The highest BCUT2D eigenvalue weighted by molar-refractivity contribution is 7.92. The molecule has 3 atom stereocenters. The summed E-state index contributed by atoms with van der Waals surface area (Å²) in [6.45, 7) is 1.88. The third-order valence-corrected chi connectivity index (χ3v) is 6.76. The largest absolute Gasteiger partial charge is 0.480 e. The van der Waals surface area contributed by atoms with Crippen molar-refractivity contribution in [3.63, 3.8) is 0 Å². The minimum atomic E-state index is -3.94. The first-order valence-corrected chi connectivity index (χ1v) is 8.90. The molecule has 0 radical (unpaired) electrons. The normalized spacial score (nSPS) is 25.7. The van der Waals surface area contributed by atoms with Crippen LogP contribution >= 0.6 is 0 Å². The molecule has 0 unspecified atom stereocenters. The number of sulfone groups is 1. The molecule has 2 aromatic rings. The lowest BCUT2D eigenvalue weighted by Gasteiger charge is -2.04. The first-order valence-electron chi connectivity index (χ1n) is 7.36. The molecule has 1 N–H and O–H groups in total. The molecule has 0 spiro atoms. The van der Waals surface area contributed by atoms with Crippen molar-refractivity contribution in [2.24, 2.45) is 5.41 Å². The topological polar surface area (TPSA) is 95.2 Å². The summed E-state index contributed by atoms with van der Waals surface area (Å²) >= 11 is 0. The van der Waals surface area contributed by atoms with Gasteiger partial charge in [-0.1, -0.05) is 48.0 Å². The summed E-state index contributed by atoms with van der Waals surface area (Å²) in [4.78, 5) is 11.8. The Balaban J connectivity index is 2.13. The maximum Gasteiger partial charge on any atom is 0.326 e. The van der Waals surface area contributed by atoms with Gasteiger partial charge in [-0.3, -0.25) is 4.79 Å². The first-order chi connectivity index (χ1) is 11.4. The number of carbonyl (C=O) groups is 1. The van der Waals surface area contributed by atoms with Gasteiger partial charge in [-0.15, -0.1) is 0 Å². The molecule has 0 aromatic heterocycles. The number of hydrogen-bond donors (Lipinski definition) is 1. The molecule has 1 saturated carbocycles. The summed E-state index contributed by atoms with van der Waals surface area (Å²) in [5, 5.41) is 17.8. The minimum absolute atomic E-state index is 0.0329. The van der Waals surface area contributed by atoms with E-state index in [4.69, 9.17) is 0 Å². The number of aliphatic carboxylic acids is 1. The molecule has 0 amide bonds. The van der Waals surface area contributed by atoms with Crippen LogP contribution in [0.2, 0.25) is 0 Å². The van der Waals surface area contributed by atoms with Crippen molar-refractivity contribution >= 4 is 15.8 Å². The second-order valence-electron chi connectivity index (χ2n) is 5.95. The summed E-state index contributed by atoms with van der Waals surface area (Å²) in [6, 6.07) is 16.4. The molecule has 1 aliphatic rings. The van der Waals surface area contributed by atoms with Crippen LogP contribution in [0.4, 0.5) is 0 Å². The van der Waals surface area contributed by atoms with Gasteiger partial charge in [0, 0.05) is 5.92 Å². The molecule has 0 saturated heterocycles. The number of benzene rings is 2. The van der Waals surface area contributed by atoms with E-state index >= 15 is 0 Å². The zero-order valence-electron chi connectivity index (χ0n) is 12.9. The summed E-state index contributed by atoms with van der Waals surface area (Å²) in [5.41, 5.74) is -0.432. The molecule has 1 aliphatic carbocycles. The molecule has 0 heterocycles. The van der Waals surface area contributed by atoms with Crippen LogP contribution < -0.4 is 0 Å². The van der Waals surface area contributed by atoms with Gasteiger partial charge >= 0.3 is 5.97 Å². The molecular formula is C18H15NO4S. The van der Waals surface area contributed by atoms with Crippen LogP contribution in [0.3, 0.4) is 0 Å². The summed E-state index contributed by atoms with van der Waals surface area (Å²) < 4.78 is 25.8. The lowest BCUT2D eigenvalue weighted by Crippen LogP contribution is -2.22. The van der Waals surface area contributed by atoms with Crippen LogP contribution in [0.15, 0.2) is 59.5 Å². The van der Waals surface area contributed by atoms with Crippen LogP contribution in [0.25, 0.3) is 0 Å². The molecule has 0 bridgehead atoms. The molecule has 122 valence electrons. The third kappa shape index (κ3) is 2.21. The van der Waals surface area contributed by atoms with Gasteiger partial charge in [0.15, 0.2) is 15.3 Å². The molecule has 6 heteroatoms. The van der Waals surface area contributed by atoms with Gasteiger partial charge in [0.05, 0.1) is 11.0 Å². The molecule has 24 heavy (non-hydrogen) atoms. The van der Waals surface area contributed by atoms with E-state index < -0.39 is 32.4 Å². The Morgan fingerprint density at radius 3 is 2.21 bits per heavy atom. The van der Waals surface area contributed by atoms with Crippen molar-refractivity contribution in [2.75, 3.05) is 0 Å². The number of aryl methyl sites for hydroxylation is 1. The monoisotopic (exact) mass is 341 g/mol. The van der Waals surface area contributed by atoms with Gasteiger partial charge in [0.25, 0.3) is 0 Å². The molecule has 2 aromatic carbocycles. The number of rotatable bonds is 4. The predicted molar refractivity (Wildman–Crippen MR) is 87.0 cm³/mol. The zero-order valence-corrected chi connectivity index (χ0v) is 13.7. The van der Waals surface area contributed by atoms with Gasteiger partial charge < -0.3 is 5.11 Å². The Labute approximate surface area is 140 Å². The summed E-state index contributed by atoms with van der Waals surface area (Å²) in [5.74, 6) is -2.29. The Bertz CT molecular complexity index is 929. The van der Waals surface area contributed by atoms with Crippen molar-refractivity contribution in [3.05, 3.63) is 65.7 Å². The molecular weight excluding hydrogens is 326 g/mol. The minimum Gasteiger partial charge on any atom is -0.480 e. The van der Waals surface area contributed by atoms with Crippen molar-refractivity contribution in [1.29, 1.82) is 5.26 Å². The molecule has 5 nitrogen and oxygen atoms in total. The highest BCUT2D eigenvalue weighted by atomic mass is 32.2. The number of nitriles is 1. The Hall–Kier alpha value is -2.65. The van der Waals surface area contributed by atoms with Crippen LogP contribution in [0.1, 0.15) is 17.0 Å². The summed E-state index contributed by atoms with van der Waals surface area (Å²) in [6.07, 6.45) is 0. The molecule has 3 rings (SSSR count). The van der Waals surface area contributed by atoms with Gasteiger partial charge in [-0.2, -0.15) is 5.26 Å². The smallest absolute Gasteiger partial charge is 0.326 e. The Morgan fingerprint density at radius 2 is 1.71 bits per heavy atom. The van der Waals surface area contributed by atoms with E-state index in [1.54, 1.807) is 48.5 Å². The highest BCUT2D eigenvalue weighted by Crippen LogP contribution is 2.63. The fraction of sp³-hybridized carbons (Fsp3) is 0.222. The van der Waals surface area contributed by atoms with E-state index in [0.29, 0.717) is 5.56 Å². The zero-order chi connectivity index (χ0) is 17.5. The van der Waals surface area contributed by atoms with Crippen molar-refractivity contribution in [3.8, 4) is 6.07 Å². The Kier molecular flexibility index (Phi) is 3.69. The third-order valence-electron chi connectivity index (χ3n) is 4.51. The van der Waals surface area contributed by atoms with Crippen LogP contribution in [0.5, 0.6) is 0 Å².